The smallest absolute Gasteiger partial charge is 0.284 e. The Bertz CT molecular complexity index is 1050. The third kappa shape index (κ3) is 3.13. The lowest BCUT2D eigenvalue weighted by Crippen LogP contribution is -2.64. The normalized spacial score (nSPS) is 20.8. The van der Waals surface area contributed by atoms with Gasteiger partial charge in [-0.25, -0.2) is 4.90 Å². The minimum atomic E-state index is -1.33. The Morgan fingerprint density at radius 3 is 2.32 bits per heavy atom. The Hall–Kier alpha value is -3.90. The molecular formula is C22H18N4O2. The molecule has 0 N–H and O–H groups in total. The molecule has 1 fully saturated rings. The van der Waals surface area contributed by atoms with Gasteiger partial charge in [-0.1, -0.05) is 48.5 Å². The van der Waals surface area contributed by atoms with E-state index in [0.29, 0.717) is 11.1 Å². The van der Waals surface area contributed by atoms with Crippen LogP contribution in [0.1, 0.15) is 23.6 Å². The summed E-state index contributed by atoms with van der Waals surface area (Å²) in [6.45, 7) is 1.60. The van der Waals surface area contributed by atoms with E-state index >= 15 is 0 Å². The molecule has 2 aromatic carbocycles. The van der Waals surface area contributed by atoms with Crippen molar-refractivity contribution >= 4 is 17.9 Å². The predicted molar refractivity (Wildman–Crippen MR) is 103 cm³/mol. The van der Waals surface area contributed by atoms with Gasteiger partial charge in [-0.05, 0) is 30.2 Å². The van der Waals surface area contributed by atoms with Gasteiger partial charge in [0.05, 0.1) is 11.6 Å². The first-order valence-electron chi connectivity index (χ1n) is 8.69. The van der Waals surface area contributed by atoms with Gasteiger partial charge < -0.3 is 4.90 Å². The number of benzene rings is 2. The molecule has 1 atom stereocenters. The van der Waals surface area contributed by atoms with Crippen molar-refractivity contribution in [3.8, 4) is 12.3 Å². The van der Waals surface area contributed by atoms with Crippen LogP contribution in [0.5, 0.6) is 0 Å². The SMILES string of the molecule is CN1C(=O)C(C)(Cc2ccccc2)N(C#N)C(=O)C1=Cc1ccccc1C#N. The van der Waals surface area contributed by atoms with E-state index in [9.17, 15) is 20.1 Å². The third-order valence-electron chi connectivity index (χ3n) is 4.91. The number of likely N-dealkylation sites (N-methyl/N-ethyl adjacent to an activating group) is 1. The molecular weight excluding hydrogens is 352 g/mol. The maximum absolute atomic E-state index is 13.2. The molecule has 0 aliphatic carbocycles. The Kier molecular flexibility index (Phi) is 4.98. The lowest BCUT2D eigenvalue weighted by molar-refractivity contribution is -0.153. The van der Waals surface area contributed by atoms with E-state index in [2.05, 4.69) is 6.07 Å². The standard InChI is InChI=1S/C22H18N4O2/c1-22(13-16-8-4-3-5-9-16)21(28)25(2)19(20(27)26(22)15-24)12-17-10-6-7-11-18(17)14-23/h3-12H,13H2,1-2H3. The largest absolute Gasteiger partial charge is 0.309 e. The van der Waals surface area contributed by atoms with Gasteiger partial charge in [0, 0.05) is 13.5 Å². The molecule has 0 spiro atoms. The van der Waals surface area contributed by atoms with Crippen LogP contribution in [0.25, 0.3) is 6.08 Å². The fourth-order valence-corrected chi connectivity index (χ4v) is 3.38. The summed E-state index contributed by atoms with van der Waals surface area (Å²) in [5, 5.41) is 18.9. The van der Waals surface area contributed by atoms with Crippen LogP contribution in [0.3, 0.4) is 0 Å². The number of piperazine rings is 1. The maximum Gasteiger partial charge on any atom is 0.284 e. The van der Waals surface area contributed by atoms with Gasteiger partial charge in [-0.15, -0.1) is 0 Å². The monoisotopic (exact) mass is 370 g/mol. The molecule has 6 heteroatoms. The molecule has 0 bridgehead atoms. The molecule has 2 aromatic rings. The molecule has 0 saturated carbocycles. The molecule has 28 heavy (non-hydrogen) atoms. The molecule has 1 heterocycles. The van der Waals surface area contributed by atoms with Crippen molar-refractivity contribution in [3.05, 3.63) is 77.0 Å². The highest BCUT2D eigenvalue weighted by Crippen LogP contribution is 2.32. The van der Waals surface area contributed by atoms with Gasteiger partial charge in [-0.2, -0.15) is 10.5 Å². The average Bonchev–Trinajstić information content (AvgIpc) is 2.71. The summed E-state index contributed by atoms with van der Waals surface area (Å²) in [5.74, 6) is -0.936. The highest BCUT2D eigenvalue weighted by Gasteiger charge is 2.51. The Morgan fingerprint density at radius 1 is 1.04 bits per heavy atom. The van der Waals surface area contributed by atoms with E-state index in [1.807, 2.05) is 36.5 Å². The fourth-order valence-electron chi connectivity index (χ4n) is 3.38. The Balaban J connectivity index is 2.05. The van der Waals surface area contributed by atoms with Gasteiger partial charge in [-0.3, -0.25) is 9.59 Å². The van der Waals surface area contributed by atoms with Gasteiger partial charge in [0.1, 0.15) is 11.2 Å². The molecule has 1 aliphatic heterocycles. The summed E-state index contributed by atoms with van der Waals surface area (Å²) in [4.78, 5) is 28.5. The summed E-state index contributed by atoms with van der Waals surface area (Å²) < 4.78 is 0. The third-order valence-corrected chi connectivity index (χ3v) is 4.91. The van der Waals surface area contributed by atoms with Crippen molar-refractivity contribution in [3.63, 3.8) is 0 Å². The summed E-state index contributed by atoms with van der Waals surface area (Å²) >= 11 is 0. The first kappa shape index (κ1) is 18.9. The second-order valence-corrected chi connectivity index (χ2v) is 6.77. The van der Waals surface area contributed by atoms with Gasteiger partial charge in [0.2, 0.25) is 0 Å². The fraction of sp³-hybridized carbons (Fsp3) is 0.182. The van der Waals surface area contributed by atoms with Crippen molar-refractivity contribution < 1.29 is 9.59 Å². The van der Waals surface area contributed by atoms with E-state index in [1.54, 1.807) is 31.2 Å². The van der Waals surface area contributed by atoms with Crippen LogP contribution < -0.4 is 0 Å². The average molecular weight is 370 g/mol. The second-order valence-electron chi connectivity index (χ2n) is 6.77. The summed E-state index contributed by atoms with van der Waals surface area (Å²) in [7, 11) is 1.51. The van der Waals surface area contributed by atoms with Crippen molar-refractivity contribution in [2.75, 3.05) is 7.05 Å². The molecule has 1 unspecified atom stereocenters. The molecule has 1 aliphatic rings. The topological polar surface area (TPSA) is 88.2 Å². The zero-order valence-electron chi connectivity index (χ0n) is 15.6. The molecule has 2 amide bonds. The van der Waals surface area contributed by atoms with E-state index in [0.717, 1.165) is 10.5 Å². The highest BCUT2D eigenvalue weighted by atomic mass is 16.2. The Morgan fingerprint density at radius 2 is 1.68 bits per heavy atom. The Labute approximate surface area is 163 Å². The number of rotatable bonds is 3. The summed E-state index contributed by atoms with van der Waals surface area (Å²) in [6, 6.07) is 18.1. The first-order chi connectivity index (χ1) is 13.4. The van der Waals surface area contributed by atoms with Crippen LogP contribution in [0, 0.1) is 22.8 Å². The first-order valence-corrected chi connectivity index (χ1v) is 8.69. The zero-order chi connectivity index (χ0) is 20.3. The van der Waals surface area contributed by atoms with Crippen molar-refractivity contribution in [2.24, 2.45) is 0 Å². The molecule has 138 valence electrons. The number of carbonyl (C=O) groups is 2. The molecule has 1 saturated heterocycles. The van der Waals surface area contributed by atoms with Crippen molar-refractivity contribution in [1.82, 2.24) is 9.80 Å². The zero-order valence-corrected chi connectivity index (χ0v) is 15.6. The van der Waals surface area contributed by atoms with Crippen LogP contribution in [0.15, 0.2) is 60.3 Å². The second kappa shape index (κ2) is 7.38. The molecule has 0 aromatic heterocycles. The lowest BCUT2D eigenvalue weighted by Gasteiger charge is -2.43. The van der Waals surface area contributed by atoms with Crippen LogP contribution in [0.4, 0.5) is 0 Å². The number of amides is 2. The van der Waals surface area contributed by atoms with Crippen LogP contribution in [-0.4, -0.2) is 34.2 Å². The predicted octanol–water partition coefficient (Wildman–Crippen LogP) is 2.68. The number of nitriles is 2. The number of hydrogen-bond acceptors (Lipinski definition) is 4. The maximum atomic E-state index is 13.2. The highest BCUT2D eigenvalue weighted by molar-refractivity contribution is 6.09. The quantitative estimate of drug-likeness (QED) is 0.614. The number of hydrogen-bond donors (Lipinski definition) is 0. The molecule has 3 rings (SSSR count). The number of carbonyl (C=O) groups excluding carboxylic acids is 2. The number of nitrogens with zero attached hydrogens (tertiary/aromatic N) is 4. The minimum absolute atomic E-state index is 0.0554. The minimum Gasteiger partial charge on any atom is -0.309 e. The van der Waals surface area contributed by atoms with Crippen LogP contribution in [-0.2, 0) is 16.0 Å². The van der Waals surface area contributed by atoms with Gasteiger partial charge in [0.15, 0.2) is 6.19 Å². The summed E-state index contributed by atoms with van der Waals surface area (Å²) in [5.41, 5.74) is 0.470. The van der Waals surface area contributed by atoms with E-state index in [-0.39, 0.29) is 18.0 Å². The van der Waals surface area contributed by atoms with E-state index < -0.39 is 11.4 Å². The van der Waals surface area contributed by atoms with Crippen LogP contribution >= 0.6 is 0 Å². The van der Waals surface area contributed by atoms with Gasteiger partial charge >= 0.3 is 0 Å². The van der Waals surface area contributed by atoms with Crippen molar-refractivity contribution in [2.45, 2.75) is 18.9 Å². The van der Waals surface area contributed by atoms with E-state index in [4.69, 9.17) is 0 Å². The summed E-state index contributed by atoms with van der Waals surface area (Å²) in [6.07, 6.45) is 3.59. The molecule has 0 radical (unpaired) electrons. The van der Waals surface area contributed by atoms with Crippen molar-refractivity contribution in [1.29, 1.82) is 10.5 Å². The van der Waals surface area contributed by atoms with E-state index in [1.165, 1.54) is 18.0 Å². The lowest BCUT2D eigenvalue weighted by atomic mass is 9.87. The molecule has 6 nitrogen and oxygen atoms in total. The van der Waals surface area contributed by atoms with Crippen LogP contribution in [0.2, 0.25) is 0 Å². The van der Waals surface area contributed by atoms with Gasteiger partial charge in [0.25, 0.3) is 11.8 Å².